The first-order chi connectivity index (χ1) is 26.3. The van der Waals surface area contributed by atoms with E-state index in [2.05, 4.69) is 195 Å². The fourth-order valence-electron chi connectivity index (χ4n) is 8.01. The van der Waals surface area contributed by atoms with Crippen LogP contribution in [0.4, 0.5) is 34.1 Å². The maximum atomic E-state index is 2.41. The van der Waals surface area contributed by atoms with E-state index >= 15 is 0 Å². The summed E-state index contributed by atoms with van der Waals surface area (Å²) in [5.41, 5.74) is 12.0. The molecule has 10 rings (SSSR count). The van der Waals surface area contributed by atoms with Crippen molar-refractivity contribution >= 4 is 108 Å². The molecule has 0 unspecified atom stereocenters. The molecule has 0 aliphatic rings. The van der Waals surface area contributed by atoms with Gasteiger partial charge in [-0.15, -0.1) is 22.7 Å². The third-order valence-corrected chi connectivity index (χ3v) is 12.8. The molecule has 10 aromatic rings. The highest BCUT2D eigenvalue weighted by Gasteiger charge is 2.18. The standard InChI is InChI=1S/C50H38N2S2/c1-31-9-5-13-37(21-31)51(38-14-6-10-32(2)22-38)41-17-19-43-45-25-35-28-48-46(26-36(35)27-47(45)53-49(43)29-41)44-20-18-42(30-50(44)54-48)52(39-15-7-11-33(3)23-39)40-16-8-12-34(4)24-40/h5-30H,1-4H3. The molecule has 2 heterocycles. The first-order valence-corrected chi connectivity index (χ1v) is 20.1. The molecule has 2 nitrogen and oxygen atoms in total. The number of hydrogen-bond donors (Lipinski definition) is 0. The Hall–Kier alpha value is -5.94. The van der Waals surface area contributed by atoms with Crippen molar-refractivity contribution in [1.29, 1.82) is 0 Å². The Morgan fingerprint density at radius 3 is 0.944 bits per heavy atom. The Bertz CT molecular complexity index is 2780. The summed E-state index contributed by atoms with van der Waals surface area (Å²) in [6.07, 6.45) is 0. The van der Waals surface area contributed by atoms with Crippen LogP contribution in [0.5, 0.6) is 0 Å². The monoisotopic (exact) mass is 730 g/mol. The average Bonchev–Trinajstić information content (AvgIpc) is 3.69. The summed E-state index contributed by atoms with van der Waals surface area (Å²) in [4.78, 5) is 4.76. The van der Waals surface area contributed by atoms with Crippen molar-refractivity contribution in [1.82, 2.24) is 0 Å². The summed E-state index contributed by atoms with van der Waals surface area (Å²) in [6.45, 7) is 8.65. The maximum Gasteiger partial charge on any atom is 0.0476 e. The second kappa shape index (κ2) is 12.9. The molecule has 4 heteroatoms. The SMILES string of the molecule is Cc1cccc(N(c2cccc(C)c2)c2ccc3c(c2)sc2cc4cc5c(cc4cc23)sc2cc(N(c3cccc(C)c3)c3cccc(C)c3)ccc25)c1. The van der Waals surface area contributed by atoms with Gasteiger partial charge in [-0.3, -0.25) is 0 Å². The molecule has 0 aliphatic carbocycles. The smallest absolute Gasteiger partial charge is 0.0476 e. The molecule has 0 amide bonds. The van der Waals surface area contributed by atoms with Crippen molar-refractivity contribution in [3.05, 3.63) is 180 Å². The average molecular weight is 731 g/mol. The molecule has 0 radical (unpaired) electrons. The Morgan fingerprint density at radius 1 is 0.296 bits per heavy atom. The van der Waals surface area contributed by atoms with Gasteiger partial charge in [0.05, 0.1) is 0 Å². The molecule has 54 heavy (non-hydrogen) atoms. The summed E-state index contributed by atoms with van der Waals surface area (Å²) >= 11 is 3.78. The van der Waals surface area contributed by atoms with Crippen LogP contribution in [0.2, 0.25) is 0 Å². The van der Waals surface area contributed by atoms with Crippen LogP contribution in [0.25, 0.3) is 51.1 Å². The van der Waals surface area contributed by atoms with Gasteiger partial charge in [0.2, 0.25) is 0 Å². The topological polar surface area (TPSA) is 6.48 Å². The van der Waals surface area contributed by atoms with Gasteiger partial charge >= 0.3 is 0 Å². The fourth-order valence-corrected chi connectivity index (χ4v) is 10.3. The highest BCUT2D eigenvalue weighted by Crippen LogP contribution is 2.45. The summed E-state index contributed by atoms with van der Waals surface area (Å²) in [6, 6.07) is 58.7. The summed E-state index contributed by atoms with van der Waals surface area (Å²) in [5, 5.41) is 7.83. The number of benzene rings is 8. The number of aryl methyl sites for hydroxylation is 4. The highest BCUT2D eigenvalue weighted by atomic mass is 32.1. The minimum Gasteiger partial charge on any atom is -0.310 e. The fraction of sp³-hybridized carbons (Fsp3) is 0.0800. The summed E-state index contributed by atoms with van der Waals surface area (Å²) < 4.78 is 5.24. The zero-order chi connectivity index (χ0) is 36.5. The number of rotatable bonds is 6. The van der Waals surface area contributed by atoms with E-state index < -0.39 is 0 Å². The number of anilines is 6. The Kier molecular flexibility index (Phi) is 7.79. The van der Waals surface area contributed by atoms with Gasteiger partial charge in [0.15, 0.2) is 0 Å². The van der Waals surface area contributed by atoms with E-state index in [1.807, 2.05) is 22.7 Å². The minimum absolute atomic E-state index is 1.17. The van der Waals surface area contributed by atoms with Gasteiger partial charge in [0.1, 0.15) is 0 Å². The summed E-state index contributed by atoms with van der Waals surface area (Å²) in [7, 11) is 0. The molecule has 0 atom stereocenters. The van der Waals surface area contributed by atoms with Crippen molar-refractivity contribution in [2.24, 2.45) is 0 Å². The minimum atomic E-state index is 1.17. The second-order valence-electron chi connectivity index (χ2n) is 14.6. The van der Waals surface area contributed by atoms with E-state index in [-0.39, 0.29) is 0 Å². The molecule has 260 valence electrons. The molecule has 0 aliphatic heterocycles. The predicted molar refractivity (Wildman–Crippen MR) is 238 cm³/mol. The van der Waals surface area contributed by atoms with Crippen molar-refractivity contribution in [3.8, 4) is 0 Å². The molecule has 0 N–H and O–H groups in total. The molecular weight excluding hydrogens is 693 g/mol. The van der Waals surface area contributed by atoms with Crippen LogP contribution in [0.3, 0.4) is 0 Å². The largest absolute Gasteiger partial charge is 0.310 e. The third kappa shape index (κ3) is 5.70. The van der Waals surface area contributed by atoms with Gasteiger partial charge in [-0.1, -0.05) is 60.7 Å². The van der Waals surface area contributed by atoms with Crippen LogP contribution in [-0.4, -0.2) is 0 Å². The Labute approximate surface area is 323 Å². The molecule has 0 saturated heterocycles. The van der Waals surface area contributed by atoms with E-state index in [9.17, 15) is 0 Å². The van der Waals surface area contributed by atoms with Gasteiger partial charge in [-0.25, -0.2) is 0 Å². The van der Waals surface area contributed by atoms with Gasteiger partial charge in [-0.05, 0) is 158 Å². The van der Waals surface area contributed by atoms with E-state index in [0.717, 1.165) is 0 Å². The van der Waals surface area contributed by atoms with Crippen LogP contribution in [-0.2, 0) is 0 Å². The van der Waals surface area contributed by atoms with Crippen molar-refractivity contribution < 1.29 is 0 Å². The van der Waals surface area contributed by atoms with Crippen molar-refractivity contribution in [2.75, 3.05) is 9.80 Å². The van der Waals surface area contributed by atoms with Crippen LogP contribution >= 0.6 is 22.7 Å². The van der Waals surface area contributed by atoms with Gasteiger partial charge in [-0.2, -0.15) is 0 Å². The van der Waals surface area contributed by atoms with Gasteiger partial charge < -0.3 is 9.80 Å². The third-order valence-electron chi connectivity index (χ3n) is 10.5. The second-order valence-corrected chi connectivity index (χ2v) is 16.8. The lowest BCUT2D eigenvalue weighted by molar-refractivity contribution is 1.26. The quantitative estimate of drug-likeness (QED) is 0.168. The lowest BCUT2D eigenvalue weighted by Crippen LogP contribution is -2.10. The van der Waals surface area contributed by atoms with Crippen molar-refractivity contribution in [3.63, 3.8) is 0 Å². The van der Waals surface area contributed by atoms with Crippen LogP contribution in [0, 0.1) is 27.7 Å². The van der Waals surface area contributed by atoms with E-state index in [1.165, 1.54) is 107 Å². The van der Waals surface area contributed by atoms with Crippen LogP contribution < -0.4 is 9.80 Å². The first-order valence-electron chi connectivity index (χ1n) is 18.5. The van der Waals surface area contributed by atoms with E-state index in [1.54, 1.807) is 0 Å². The van der Waals surface area contributed by atoms with E-state index in [0.29, 0.717) is 0 Å². The molecule has 8 aromatic carbocycles. The Morgan fingerprint density at radius 2 is 0.611 bits per heavy atom. The lowest BCUT2D eigenvalue weighted by Gasteiger charge is -2.26. The number of hydrogen-bond acceptors (Lipinski definition) is 4. The van der Waals surface area contributed by atoms with Crippen LogP contribution in [0.1, 0.15) is 22.3 Å². The predicted octanol–water partition coefficient (Wildman–Crippen LogP) is 15.7. The van der Waals surface area contributed by atoms with Gasteiger partial charge in [0, 0.05) is 74.5 Å². The maximum absolute atomic E-state index is 2.41. The van der Waals surface area contributed by atoms with Crippen molar-refractivity contribution in [2.45, 2.75) is 27.7 Å². The van der Waals surface area contributed by atoms with E-state index in [4.69, 9.17) is 0 Å². The Balaban J connectivity index is 1.08. The zero-order valence-electron chi connectivity index (χ0n) is 30.7. The zero-order valence-corrected chi connectivity index (χ0v) is 32.4. The molecule has 2 aromatic heterocycles. The van der Waals surface area contributed by atoms with Gasteiger partial charge in [0.25, 0.3) is 0 Å². The number of nitrogens with zero attached hydrogens (tertiary/aromatic N) is 2. The highest BCUT2D eigenvalue weighted by molar-refractivity contribution is 7.26. The first kappa shape index (κ1) is 32.7. The molecular formula is C50H38N2S2. The van der Waals surface area contributed by atoms with Crippen LogP contribution in [0.15, 0.2) is 158 Å². The molecule has 0 saturated carbocycles. The molecule has 0 spiro atoms. The molecule has 0 fully saturated rings. The number of thiophene rings is 2. The number of fused-ring (bicyclic) bond motifs is 7. The lowest BCUT2D eigenvalue weighted by atomic mass is 10.0. The normalized spacial score (nSPS) is 11.7. The molecule has 0 bridgehead atoms. The summed E-state index contributed by atoms with van der Waals surface area (Å²) in [5.74, 6) is 0.